The summed E-state index contributed by atoms with van der Waals surface area (Å²) in [4.78, 5) is 0. The fourth-order valence-corrected chi connectivity index (χ4v) is 0.606. The SMILES string of the molecule is Cc1cccc(F)c1.[2H]F.[B]. The van der Waals surface area contributed by atoms with Gasteiger partial charge in [-0.25, -0.2) is 4.39 Å². The molecule has 0 heterocycles. The number of rotatable bonds is 0. The smallest absolute Gasteiger partial charge is 0.269 e. The van der Waals surface area contributed by atoms with Crippen LogP contribution in [0.25, 0.3) is 0 Å². The standard InChI is InChI=1S/C7H7F.B.FH/c1-6-3-2-4-7(8)5-6;;/h2-5H,1H3;;1H/i/hD. The van der Waals surface area contributed by atoms with Crippen molar-refractivity contribution in [3.05, 3.63) is 35.6 Å². The predicted octanol–water partition coefficient (Wildman–Crippen LogP) is 1.91. The average Bonchev–Trinajstić information content (AvgIpc) is 1.91. The van der Waals surface area contributed by atoms with E-state index in [0.29, 0.717) is 0 Å². The fourth-order valence-electron chi connectivity index (χ4n) is 0.606. The van der Waals surface area contributed by atoms with Crippen LogP contribution in [0, 0.1) is 12.7 Å². The zero-order valence-electron chi connectivity index (χ0n) is 6.64. The summed E-state index contributed by atoms with van der Waals surface area (Å²) in [5, 5.41) is 0. The lowest BCUT2D eigenvalue weighted by molar-refractivity contribution is 0.626. The highest BCUT2D eigenvalue weighted by Crippen LogP contribution is 1.99. The number of aryl methyl sites for hydroxylation is 1. The summed E-state index contributed by atoms with van der Waals surface area (Å²) in [6, 6.07) is 6.50. The highest BCUT2D eigenvalue weighted by Gasteiger charge is 1.84. The maximum atomic E-state index is 12.2. The molecule has 0 N–H and O–H groups in total. The van der Waals surface area contributed by atoms with Crippen LogP contribution in [-0.2, 0) is 0 Å². The molecule has 0 aliphatic heterocycles. The van der Waals surface area contributed by atoms with Crippen LogP contribution in [-0.4, -0.2) is 9.86 Å². The molecule has 53 valence electrons. The highest BCUT2D eigenvalue weighted by atomic mass is 19.1. The number of hydrogen-bond donors (Lipinski definition) is 0. The molecule has 3 radical (unpaired) electrons. The van der Waals surface area contributed by atoms with Gasteiger partial charge in [0.2, 0.25) is 0 Å². The third kappa shape index (κ3) is 3.23. The van der Waals surface area contributed by atoms with E-state index < -0.39 is 0 Å². The fraction of sp³-hybridized carbons (Fsp3) is 0.143. The normalized spacial score (nSPS) is 8.10. The zero-order chi connectivity index (χ0) is 7.98. The van der Waals surface area contributed by atoms with Gasteiger partial charge in [0.1, 0.15) is 5.82 Å². The van der Waals surface area contributed by atoms with Crippen LogP contribution in [0.5, 0.6) is 0 Å². The lowest BCUT2D eigenvalue weighted by Gasteiger charge is -1.87. The molecule has 0 nitrogen and oxygen atoms in total. The molecular weight excluding hydrogens is 133 g/mol. The Balaban J connectivity index is 0. The Hall–Kier alpha value is -0.855. The lowest BCUT2D eigenvalue weighted by atomic mass is 10.2. The lowest BCUT2D eigenvalue weighted by Crippen LogP contribution is -1.72. The third-order valence-electron chi connectivity index (χ3n) is 0.980. The van der Waals surface area contributed by atoms with Crippen molar-refractivity contribution in [3.63, 3.8) is 0 Å². The maximum Gasteiger partial charge on any atom is 0.269 e. The molecule has 0 aliphatic carbocycles. The van der Waals surface area contributed by atoms with Crippen molar-refractivity contribution in [1.29, 1.82) is 1.45 Å². The first-order valence-corrected chi connectivity index (χ1v) is 2.51. The van der Waals surface area contributed by atoms with Gasteiger partial charge in [0.05, 0.1) is 0 Å². The van der Waals surface area contributed by atoms with E-state index in [1.165, 1.54) is 12.1 Å². The second-order valence-corrected chi connectivity index (χ2v) is 1.80. The quantitative estimate of drug-likeness (QED) is 0.485. The van der Waals surface area contributed by atoms with Crippen molar-refractivity contribution in [2.75, 3.05) is 0 Å². The monoisotopic (exact) mass is 142 g/mol. The van der Waals surface area contributed by atoms with Gasteiger partial charge >= 0.3 is 0 Å². The third-order valence-corrected chi connectivity index (χ3v) is 0.980. The Morgan fingerprint density at radius 3 is 2.40 bits per heavy atom. The van der Waals surface area contributed by atoms with Crippen LogP contribution in [0.15, 0.2) is 24.3 Å². The zero-order valence-corrected chi connectivity index (χ0v) is 5.64. The van der Waals surface area contributed by atoms with E-state index in [1.54, 1.807) is 6.07 Å². The van der Waals surface area contributed by atoms with Gasteiger partial charge in [-0.3, -0.25) is 4.72 Å². The van der Waals surface area contributed by atoms with Crippen molar-refractivity contribution in [2.24, 2.45) is 0 Å². The van der Waals surface area contributed by atoms with Gasteiger partial charge in [0.25, 0.3) is 1.45 Å². The Morgan fingerprint density at radius 2 is 2.10 bits per heavy atom. The molecule has 0 fully saturated rings. The maximum absolute atomic E-state index is 12.2. The second kappa shape index (κ2) is 4.97. The van der Waals surface area contributed by atoms with Crippen LogP contribution >= 0.6 is 0 Å². The van der Waals surface area contributed by atoms with Crippen LogP contribution in [0.2, 0.25) is 0 Å². The summed E-state index contributed by atoms with van der Waals surface area (Å²) in [7, 11) is 0. The number of halogens is 2. The van der Waals surface area contributed by atoms with Crippen molar-refractivity contribution in [3.8, 4) is 0 Å². The second-order valence-electron chi connectivity index (χ2n) is 1.80. The molecule has 1 aromatic rings. The Labute approximate surface area is 62.5 Å². The molecule has 0 aliphatic rings. The summed E-state index contributed by atoms with van der Waals surface area (Å²) in [6.45, 7) is 1.86. The molecule has 1 rings (SSSR count). The molecule has 1 aromatic carbocycles. The minimum Gasteiger partial charge on any atom is -0.269 e. The van der Waals surface area contributed by atoms with E-state index in [2.05, 4.69) is 1.45 Å². The van der Waals surface area contributed by atoms with E-state index in [4.69, 9.17) is 4.72 Å². The van der Waals surface area contributed by atoms with Gasteiger partial charge in [-0.2, -0.15) is 0 Å². The van der Waals surface area contributed by atoms with Crippen LogP contribution < -0.4 is 0 Å². The number of hydrogen-bond acceptors (Lipinski definition) is 0. The van der Waals surface area contributed by atoms with E-state index in [9.17, 15) is 4.39 Å². The minimum absolute atomic E-state index is 0. The van der Waals surface area contributed by atoms with Crippen molar-refractivity contribution >= 4 is 8.41 Å². The van der Waals surface area contributed by atoms with Gasteiger partial charge in [-0.05, 0) is 24.6 Å². The molecule has 0 aromatic heterocycles. The van der Waals surface area contributed by atoms with Crippen LogP contribution in [0.3, 0.4) is 0 Å². The summed E-state index contributed by atoms with van der Waals surface area (Å²) in [5.41, 5.74) is 0.963. The van der Waals surface area contributed by atoms with E-state index in [0.717, 1.165) is 5.56 Å². The van der Waals surface area contributed by atoms with Gasteiger partial charge < -0.3 is 0 Å². The Kier molecular flexibility index (Phi) is 4.55. The Bertz CT molecular complexity index is 176. The largest absolute Gasteiger partial charge is 0.269 e. The average molecular weight is 142 g/mol. The van der Waals surface area contributed by atoms with Gasteiger partial charge in [-0.15, -0.1) is 0 Å². The molecule has 10 heavy (non-hydrogen) atoms. The van der Waals surface area contributed by atoms with E-state index in [1.807, 2.05) is 13.0 Å². The summed E-state index contributed by atoms with van der Waals surface area (Å²) in [5.74, 6) is -0.162. The van der Waals surface area contributed by atoms with Crippen molar-refractivity contribution in [2.45, 2.75) is 6.92 Å². The topological polar surface area (TPSA) is 0 Å². The molecule has 0 spiro atoms. The predicted molar refractivity (Wildman–Crippen MR) is 39.4 cm³/mol. The molecule has 0 atom stereocenters. The molecule has 0 amide bonds. The van der Waals surface area contributed by atoms with Gasteiger partial charge in [0, 0.05) is 8.41 Å². The summed E-state index contributed by atoms with van der Waals surface area (Å²) < 4.78 is 25.2. The summed E-state index contributed by atoms with van der Waals surface area (Å²) >= 11 is 0. The van der Waals surface area contributed by atoms with Gasteiger partial charge in [0.15, 0.2) is 0 Å². The van der Waals surface area contributed by atoms with Crippen molar-refractivity contribution in [1.82, 2.24) is 0 Å². The molecular formula is C7H8BF2. The minimum atomic E-state index is -0.162. The molecule has 0 unspecified atom stereocenters. The molecule has 0 bridgehead atoms. The Morgan fingerprint density at radius 1 is 1.50 bits per heavy atom. The molecule has 0 saturated carbocycles. The first-order chi connectivity index (χ1) is 4.79. The van der Waals surface area contributed by atoms with Crippen molar-refractivity contribution < 1.29 is 9.11 Å². The van der Waals surface area contributed by atoms with Gasteiger partial charge in [-0.1, -0.05) is 12.1 Å². The highest BCUT2D eigenvalue weighted by molar-refractivity contribution is 5.75. The van der Waals surface area contributed by atoms with Crippen LogP contribution in [0.4, 0.5) is 9.11 Å². The first kappa shape index (κ1) is 9.14. The van der Waals surface area contributed by atoms with E-state index in [-0.39, 0.29) is 14.2 Å². The first-order valence-electron chi connectivity index (χ1n) is 2.89. The summed E-state index contributed by atoms with van der Waals surface area (Å²) in [6.07, 6.45) is 0. The van der Waals surface area contributed by atoms with E-state index >= 15 is 0 Å². The van der Waals surface area contributed by atoms with Crippen LogP contribution in [0.1, 0.15) is 5.56 Å². The molecule has 3 heteroatoms. The molecule has 0 saturated heterocycles. The number of benzene rings is 1.